The third kappa shape index (κ3) is 2.79. The molecule has 0 N–H and O–H groups in total. The molecule has 0 fully saturated rings. The molecule has 0 radical (unpaired) electrons. The fourth-order valence-corrected chi connectivity index (χ4v) is 6.70. The molecule has 3 aliphatic rings. The van der Waals surface area contributed by atoms with Crippen LogP contribution in [0.3, 0.4) is 0 Å². The highest BCUT2D eigenvalue weighted by atomic mass is 14.6. The molecule has 1 heteroatoms. The largest absolute Gasteiger partial charge is 0.139 e. The Morgan fingerprint density at radius 1 is 0.706 bits per heavy atom. The molecule has 170 valence electrons. The number of hydrogen-bond acceptors (Lipinski definition) is 0. The third-order valence-corrected chi connectivity index (χ3v) is 8.50. The Kier molecular flexibility index (Phi) is 4.39. The van der Waals surface area contributed by atoms with Crippen LogP contribution in [0.1, 0.15) is 81.3 Å². The fraction of sp³-hybridized carbons (Fsp3) is 0.333. The quantitative estimate of drug-likeness (QED) is 0.335. The summed E-state index contributed by atoms with van der Waals surface area (Å²) in [5, 5.41) is 0. The summed E-state index contributed by atoms with van der Waals surface area (Å²) in [7, 11) is 2.25. The maximum Gasteiger partial charge on any atom is 0.139 e. The van der Waals surface area contributed by atoms with Gasteiger partial charge in [0.1, 0.15) is 7.85 Å². The van der Waals surface area contributed by atoms with Gasteiger partial charge in [-0.25, -0.2) is 0 Å². The second kappa shape index (κ2) is 6.88. The van der Waals surface area contributed by atoms with E-state index in [-0.39, 0.29) is 16.2 Å². The average Bonchev–Trinajstić information content (AvgIpc) is 3.24. The molecular formula is C33H35B. The minimum atomic E-state index is -0.134. The molecule has 3 aromatic carbocycles. The summed E-state index contributed by atoms with van der Waals surface area (Å²) < 4.78 is 0. The van der Waals surface area contributed by atoms with E-state index in [1.165, 1.54) is 55.5 Å². The van der Waals surface area contributed by atoms with Gasteiger partial charge in [-0.2, -0.15) is 0 Å². The molecule has 0 amide bonds. The molecule has 6 rings (SSSR count). The monoisotopic (exact) mass is 442 g/mol. The lowest BCUT2D eigenvalue weighted by atomic mass is 9.64. The zero-order valence-corrected chi connectivity index (χ0v) is 21.7. The first-order valence-electron chi connectivity index (χ1n) is 12.8. The summed E-state index contributed by atoms with van der Waals surface area (Å²) in [4.78, 5) is 0. The predicted molar refractivity (Wildman–Crippen MR) is 149 cm³/mol. The highest BCUT2D eigenvalue weighted by molar-refractivity contribution is 6.32. The number of allylic oxidation sites excluding steroid dienone is 4. The van der Waals surface area contributed by atoms with Crippen molar-refractivity contribution in [2.24, 2.45) is 5.92 Å². The van der Waals surface area contributed by atoms with Gasteiger partial charge in [0, 0.05) is 5.92 Å². The van der Waals surface area contributed by atoms with Crippen LogP contribution in [0.25, 0.3) is 16.7 Å². The summed E-state index contributed by atoms with van der Waals surface area (Å²) in [6.45, 7) is 14.0. The van der Waals surface area contributed by atoms with Crippen LogP contribution in [0.4, 0.5) is 0 Å². The van der Waals surface area contributed by atoms with Crippen LogP contribution >= 0.6 is 0 Å². The summed E-state index contributed by atoms with van der Waals surface area (Å²) in [5.74, 6) is 0.430. The van der Waals surface area contributed by atoms with Crippen LogP contribution in [0, 0.1) is 5.92 Å². The summed E-state index contributed by atoms with van der Waals surface area (Å²) >= 11 is 0. The Hall–Kier alpha value is -2.80. The van der Waals surface area contributed by atoms with E-state index in [2.05, 4.69) is 122 Å². The van der Waals surface area contributed by atoms with E-state index in [0.717, 1.165) is 6.42 Å². The lowest BCUT2D eigenvalue weighted by Crippen LogP contribution is -2.34. The van der Waals surface area contributed by atoms with E-state index < -0.39 is 0 Å². The van der Waals surface area contributed by atoms with Gasteiger partial charge < -0.3 is 0 Å². The van der Waals surface area contributed by atoms with Gasteiger partial charge in [-0.3, -0.25) is 0 Å². The first kappa shape index (κ1) is 21.7. The summed E-state index contributed by atoms with van der Waals surface area (Å²) in [5.41, 5.74) is 14.6. The molecule has 0 bridgehead atoms. The van der Waals surface area contributed by atoms with Crippen LogP contribution in [0.15, 0.2) is 72.8 Å². The van der Waals surface area contributed by atoms with Crippen LogP contribution in [0.2, 0.25) is 0 Å². The van der Waals surface area contributed by atoms with E-state index in [4.69, 9.17) is 0 Å². The number of rotatable bonds is 0. The van der Waals surface area contributed by atoms with Crippen molar-refractivity contribution in [1.29, 1.82) is 0 Å². The number of hydrogen-bond donors (Lipinski definition) is 0. The lowest BCUT2D eigenvalue weighted by Gasteiger charge is -2.37. The van der Waals surface area contributed by atoms with Gasteiger partial charge in [0.05, 0.1) is 5.41 Å². The van der Waals surface area contributed by atoms with E-state index in [9.17, 15) is 0 Å². The van der Waals surface area contributed by atoms with Crippen molar-refractivity contribution >= 4 is 18.9 Å². The summed E-state index contributed by atoms with van der Waals surface area (Å²) in [6.07, 6.45) is 8.11. The maximum atomic E-state index is 2.56. The molecule has 1 unspecified atom stereocenters. The average molecular weight is 442 g/mol. The van der Waals surface area contributed by atoms with Crippen LogP contribution in [-0.4, -0.2) is 7.85 Å². The topological polar surface area (TPSA) is 0 Å². The first-order valence-corrected chi connectivity index (χ1v) is 12.8. The van der Waals surface area contributed by atoms with E-state index in [1.807, 2.05) is 0 Å². The van der Waals surface area contributed by atoms with E-state index in [0.29, 0.717) is 5.92 Å². The molecule has 3 aromatic rings. The van der Waals surface area contributed by atoms with Crippen molar-refractivity contribution in [1.82, 2.24) is 0 Å². The Morgan fingerprint density at radius 2 is 1.24 bits per heavy atom. The second-order valence-corrected chi connectivity index (χ2v) is 12.7. The first-order chi connectivity index (χ1) is 16.0. The highest BCUT2D eigenvalue weighted by Crippen LogP contribution is 2.65. The highest BCUT2D eigenvalue weighted by Gasteiger charge is 2.56. The van der Waals surface area contributed by atoms with Crippen molar-refractivity contribution in [3.05, 3.63) is 106 Å². The smallest absolute Gasteiger partial charge is 0.0886 e. The van der Waals surface area contributed by atoms with Crippen LogP contribution in [-0.2, 0) is 16.2 Å². The zero-order valence-electron chi connectivity index (χ0n) is 21.7. The minimum Gasteiger partial charge on any atom is -0.0886 e. The minimum absolute atomic E-state index is 0.112. The van der Waals surface area contributed by atoms with Crippen LogP contribution < -0.4 is 5.46 Å². The Bertz CT molecular complexity index is 1340. The van der Waals surface area contributed by atoms with Gasteiger partial charge in [0.2, 0.25) is 0 Å². The Balaban J connectivity index is 1.77. The number of fused-ring (bicyclic) bond motifs is 10. The van der Waals surface area contributed by atoms with Gasteiger partial charge in [0.15, 0.2) is 0 Å². The van der Waals surface area contributed by atoms with Crippen molar-refractivity contribution in [2.45, 2.75) is 64.2 Å². The molecule has 0 saturated heterocycles. The molecular weight excluding hydrogens is 407 g/mol. The Labute approximate surface area is 206 Å². The van der Waals surface area contributed by atoms with Crippen molar-refractivity contribution < 1.29 is 0 Å². The van der Waals surface area contributed by atoms with Gasteiger partial charge >= 0.3 is 0 Å². The molecule has 0 heterocycles. The zero-order chi connectivity index (χ0) is 24.0. The van der Waals surface area contributed by atoms with Gasteiger partial charge in [-0.05, 0) is 67.3 Å². The molecule has 0 aromatic heterocycles. The molecule has 1 spiro atoms. The van der Waals surface area contributed by atoms with Gasteiger partial charge in [-0.15, -0.1) is 0 Å². The van der Waals surface area contributed by atoms with Crippen molar-refractivity contribution in [2.75, 3.05) is 0 Å². The third-order valence-electron chi connectivity index (χ3n) is 8.50. The van der Waals surface area contributed by atoms with Gasteiger partial charge in [0.25, 0.3) is 0 Å². The van der Waals surface area contributed by atoms with Crippen LogP contribution in [0.5, 0.6) is 0 Å². The normalized spacial score (nSPS) is 19.5. The predicted octanol–water partition coefficient (Wildman–Crippen LogP) is 6.83. The van der Waals surface area contributed by atoms with Crippen molar-refractivity contribution in [3.8, 4) is 11.1 Å². The molecule has 34 heavy (non-hydrogen) atoms. The van der Waals surface area contributed by atoms with E-state index >= 15 is 0 Å². The lowest BCUT2D eigenvalue weighted by molar-refractivity contribution is 0.490. The van der Waals surface area contributed by atoms with Gasteiger partial charge in [-0.1, -0.05) is 120 Å². The Morgan fingerprint density at radius 3 is 1.79 bits per heavy atom. The standard InChI is InChI=1S/C33H35B/c1-31(2,3)20-11-14-24-25-15-12-21(32(4,5)6)18-29(25)33(28(24)17-20)27-10-8-7-9-23(27)26-16-13-22(34)19-30(26)33/h7-9,11-19,27H,10,34H2,1-6H3. The second-order valence-electron chi connectivity index (χ2n) is 12.7. The molecule has 3 aliphatic carbocycles. The number of benzene rings is 3. The molecule has 1 atom stereocenters. The van der Waals surface area contributed by atoms with Crippen molar-refractivity contribution in [3.63, 3.8) is 0 Å². The molecule has 0 nitrogen and oxygen atoms in total. The SMILES string of the molecule is Bc1ccc2c(c1)C1(c3cc(C(C)(C)C)ccc3-c3ccc(C(C)(C)C)cc31)C1CC=CC=C21. The van der Waals surface area contributed by atoms with E-state index in [1.54, 1.807) is 0 Å². The fourth-order valence-electron chi connectivity index (χ4n) is 6.70. The molecule has 0 aliphatic heterocycles. The maximum absolute atomic E-state index is 2.56. The molecule has 0 saturated carbocycles. The summed E-state index contributed by atoms with van der Waals surface area (Å²) in [6, 6.07) is 21.8.